The highest BCUT2D eigenvalue weighted by atomic mass is 79.9. The Morgan fingerprint density at radius 1 is 1.28 bits per heavy atom. The third kappa shape index (κ3) is 4.48. The summed E-state index contributed by atoms with van der Waals surface area (Å²) in [5, 5.41) is 19.2. The molecule has 25 heavy (non-hydrogen) atoms. The van der Waals surface area contributed by atoms with Gasteiger partial charge in [0.05, 0.1) is 23.0 Å². The van der Waals surface area contributed by atoms with E-state index in [-0.39, 0.29) is 23.9 Å². The summed E-state index contributed by atoms with van der Waals surface area (Å²) in [6, 6.07) is 3.82. The molecule has 1 N–H and O–H groups in total. The highest BCUT2D eigenvalue weighted by Gasteiger charge is 2.25. The van der Waals surface area contributed by atoms with Gasteiger partial charge in [-0.2, -0.15) is 10.4 Å². The van der Waals surface area contributed by atoms with Crippen LogP contribution in [0.1, 0.15) is 42.0 Å². The Hall–Kier alpha value is -2.60. The Morgan fingerprint density at radius 3 is 2.72 bits per heavy atom. The third-order valence-electron chi connectivity index (χ3n) is 3.92. The van der Waals surface area contributed by atoms with Crippen molar-refractivity contribution in [3.8, 4) is 11.8 Å². The first-order valence-corrected chi connectivity index (χ1v) is 8.62. The van der Waals surface area contributed by atoms with Crippen LogP contribution in [0, 0.1) is 11.3 Å². The number of nitriles is 1. The summed E-state index contributed by atoms with van der Waals surface area (Å²) in [6.45, 7) is 0. The molecule has 0 radical (unpaired) electrons. The molecule has 3 rings (SSSR count). The van der Waals surface area contributed by atoms with Crippen LogP contribution in [0.2, 0.25) is 0 Å². The van der Waals surface area contributed by atoms with Gasteiger partial charge in [-0.1, -0.05) is 0 Å². The van der Waals surface area contributed by atoms with Crippen LogP contribution in [0.15, 0.2) is 29.1 Å². The topological polar surface area (TPSA) is 114 Å². The lowest BCUT2D eigenvalue weighted by molar-refractivity contribution is 0.0882. The Bertz CT molecular complexity index is 787. The molecule has 128 valence electrons. The number of rotatable bonds is 4. The summed E-state index contributed by atoms with van der Waals surface area (Å²) in [7, 11) is 0. The maximum absolute atomic E-state index is 12.0. The number of ether oxygens (including phenoxy) is 1. The number of pyridine rings is 1. The summed E-state index contributed by atoms with van der Waals surface area (Å²) < 4.78 is 6.54. The van der Waals surface area contributed by atoms with Crippen molar-refractivity contribution in [2.45, 2.75) is 37.8 Å². The second-order valence-corrected chi connectivity index (χ2v) is 6.50. The number of amides is 1. The third-order valence-corrected chi connectivity index (χ3v) is 4.52. The number of hydrogen-bond acceptors (Lipinski definition) is 7. The molecule has 0 atom stereocenters. The van der Waals surface area contributed by atoms with Crippen molar-refractivity contribution < 1.29 is 9.53 Å². The lowest BCUT2D eigenvalue weighted by Gasteiger charge is -2.29. The highest BCUT2D eigenvalue weighted by Crippen LogP contribution is 2.26. The SMILES string of the molecule is N#Cc1ncc(O[C@H]2CC[C@H](NC(=O)c3nccnn3)CC2)cc1Br. The quantitative estimate of drug-likeness (QED) is 0.831. The van der Waals surface area contributed by atoms with E-state index in [1.807, 2.05) is 6.07 Å². The molecule has 1 fully saturated rings. The van der Waals surface area contributed by atoms with Crippen LogP contribution in [-0.4, -0.2) is 38.2 Å². The zero-order valence-corrected chi connectivity index (χ0v) is 14.8. The van der Waals surface area contributed by atoms with E-state index in [0.29, 0.717) is 15.9 Å². The van der Waals surface area contributed by atoms with E-state index in [0.717, 1.165) is 25.7 Å². The number of carbonyl (C=O) groups excluding carboxylic acids is 1. The standard InChI is InChI=1S/C16H15BrN6O2/c17-13-7-12(9-20-14(13)8-18)25-11-3-1-10(2-4-11)22-16(24)15-19-5-6-21-23-15/h5-7,9-11H,1-4H2,(H,22,24)/t10-,11-. The molecule has 1 saturated carbocycles. The predicted molar refractivity (Wildman–Crippen MR) is 90.6 cm³/mol. The second kappa shape index (κ2) is 7.98. The van der Waals surface area contributed by atoms with E-state index in [2.05, 4.69) is 41.4 Å². The molecule has 2 aromatic heterocycles. The molecule has 8 nitrogen and oxygen atoms in total. The summed E-state index contributed by atoms with van der Waals surface area (Å²) in [4.78, 5) is 20.0. The zero-order valence-electron chi connectivity index (χ0n) is 13.2. The van der Waals surface area contributed by atoms with Gasteiger partial charge in [-0.15, -0.1) is 5.10 Å². The van der Waals surface area contributed by atoms with Crippen molar-refractivity contribution >= 4 is 21.8 Å². The molecule has 2 heterocycles. The maximum Gasteiger partial charge on any atom is 0.291 e. The van der Waals surface area contributed by atoms with Gasteiger partial charge >= 0.3 is 0 Å². The number of halogens is 1. The molecule has 1 aliphatic rings. The van der Waals surface area contributed by atoms with E-state index in [9.17, 15) is 4.79 Å². The molecule has 0 unspecified atom stereocenters. The average Bonchev–Trinajstić information content (AvgIpc) is 2.64. The molecule has 1 amide bonds. The van der Waals surface area contributed by atoms with Gasteiger partial charge in [-0.3, -0.25) is 4.79 Å². The van der Waals surface area contributed by atoms with Crippen molar-refractivity contribution in [3.05, 3.63) is 40.6 Å². The smallest absolute Gasteiger partial charge is 0.291 e. The van der Waals surface area contributed by atoms with Crippen LogP contribution in [0.5, 0.6) is 5.75 Å². The van der Waals surface area contributed by atoms with Crippen LogP contribution < -0.4 is 10.1 Å². The van der Waals surface area contributed by atoms with Crippen LogP contribution in [0.3, 0.4) is 0 Å². The zero-order chi connectivity index (χ0) is 17.6. The summed E-state index contributed by atoms with van der Waals surface area (Å²) in [6.07, 6.45) is 7.73. The van der Waals surface area contributed by atoms with E-state index < -0.39 is 0 Å². The summed E-state index contributed by atoms with van der Waals surface area (Å²) >= 11 is 3.30. The van der Waals surface area contributed by atoms with Crippen molar-refractivity contribution in [1.82, 2.24) is 25.5 Å². The first-order valence-electron chi connectivity index (χ1n) is 7.82. The van der Waals surface area contributed by atoms with Gasteiger partial charge in [-0.05, 0) is 47.7 Å². The molecular weight excluding hydrogens is 388 g/mol. The minimum Gasteiger partial charge on any atom is -0.489 e. The number of hydrogen-bond donors (Lipinski definition) is 1. The summed E-state index contributed by atoms with van der Waals surface area (Å²) in [5.74, 6) is 0.397. The Balaban J connectivity index is 1.50. The molecule has 0 spiro atoms. The molecule has 0 aliphatic heterocycles. The van der Waals surface area contributed by atoms with Crippen LogP contribution in [0.4, 0.5) is 0 Å². The minimum absolute atomic E-state index is 0.0597. The molecule has 0 bridgehead atoms. The van der Waals surface area contributed by atoms with Gasteiger partial charge in [-0.25, -0.2) is 9.97 Å². The fourth-order valence-electron chi connectivity index (χ4n) is 2.69. The minimum atomic E-state index is -0.308. The maximum atomic E-state index is 12.0. The number of nitrogens with one attached hydrogen (secondary N) is 1. The van der Waals surface area contributed by atoms with Gasteiger partial charge in [0.2, 0.25) is 5.82 Å². The normalized spacial score (nSPS) is 19.7. The van der Waals surface area contributed by atoms with Crippen LogP contribution >= 0.6 is 15.9 Å². The van der Waals surface area contributed by atoms with E-state index in [1.54, 1.807) is 12.3 Å². The largest absolute Gasteiger partial charge is 0.489 e. The Labute approximate surface area is 152 Å². The fourth-order valence-corrected chi connectivity index (χ4v) is 3.10. The predicted octanol–water partition coefficient (Wildman–Crippen LogP) is 2.02. The highest BCUT2D eigenvalue weighted by molar-refractivity contribution is 9.10. The molecule has 2 aromatic rings. The van der Waals surface area contributed by atoms with Crippen LogP contribution in [-0.2, 0) is 0 Å². The monoisotopic (exact) mass is 402 g/mol. The fraction of sp³-hybridized carbons (Fsp3) is 0.375. The molecule has 0 aromatic carbocycles. The molecule has 0 saturated heterocycles. The van der Waals surface area contributed by atoms with Crippen molar-refractivity contribution in [3.63, 3.8) is 0 Å². The lowest BCUT2D eigenvalue weighted by atomic mass is 9.93. The molecule has 1 aliphatic carbocycles. The van der Waals surface area contributed by atoms with E-state index >= 15 is 0 Å². The average molecular weight is 403 g/mol. The first kappa shape index (κ1) is 17.2. The Morgan fingerprint density at radius 2 is 2.08 bits per heavy atom. The van der Waals surface area contributed by atoms with Crippen molar-refractivity contribution in [2.24, 2.45) is 0 Å². The molecular formula is C16H15BrN6O2. The Kier molecular flexibility index (Phi) is 5.50. The number of nitrogens with zero attached hydrogens (tertiary/aromatic N) is 5. The number of carbonyl (C=O) groups is 1. The molecule has 9 heteroatoms. The second-order valence-electron chi connectivity index (χ2n) is 5.64. The van der Waals surface area contributed by atoms with E-state index in [1.165, 1.54) is 12.4 Å². The van der Waals surface area contributed by atoms with Crippen molar-refractivity contribution in [2.75, 3.05) is 0 Å². The summed E-state index contributed by atoms with van der Waals surface area (Å²) in [5.41, 5.74) is 0.330. The van der Waals surface area contributed by atoms with Gasteiger partial charge in [0.1, 0.15) is 11.8 Å². The van der Waals surface area contributed by atoms with E-state index in [4.69, 9.17) is 10.00 Å². The van der Waals surface area contributed by atoms with Gasteiger partial charge in [0.25, 0.3) is 5.91 Å². The van der Waals surface area contributed by atoms with Gasteiger partial charge in [0.15, 0.2) is 5.69 Å². The van der Waals surface area contributed by atoms with Gasteiger partial charge in [0, 0.05) is 12.2 Å². The van der Waals surface area contributed by atoms with Gasteiger partial charge < -0.3 is 10.1 Å². The van der Waals surface area contributed by atoms with Crippen molar-refractivity contribution in [1.29, 1.82) is 5.26 Å². The lowest BCUT2D eigenvalue weighted by Crippen LogP contribution is -2.40. The van der Waals surface area contributed by atoms with Crippen LogP contribution in [0.25, 0.3) is 0 Å². The first-order chi connectivity index (χ1) is 12.2. The number of aromatic nitrogens is 4.